The summed E-state index contributed by atoms with van der Waals surface area (Å²) in [7, 11) is 2.42. The lowest BCUT2D eigenvalue weighted by Gasteiger charge is -2.35. The van der Waals surface area contributed by atoms with Crippen LogP contribution in [0.15, 0.2) is 173 Å². The van der Waals surface area contributed by atoms with Gasteiger partial charge in [0.15, 0.2) is 0 Å². The Kier molecular flexibility index (Phi) is 8.60. The zero-order valence-corrected chi connectivity index (χ0v) is 37.7. The Morgan fingerprint density at radius 1 is 0.531 bits per heavy atom. The van der Waals surface area contributed by atoms with Crippen LogP contribution < -0.4 is 20.5 Å². The van der Waals surface area contributed by atoms with Crippen LogP contribution in [0.25, 0.3) is 76.2 Å². The topological polar surface area (TPSA) is 41.6 Å². The predicted molar refractivity (Wildman–Crippen MR) is 274 cm³/mol. The molecule has 0 aliphatic carbocycles. The zero-order chi connectivity index (χ0) is 43.5. The standard InChI is InChI=1S/C58H46BN2O2S/c1-57(2,3)35-24-27-37(28-25-35)60-53-41(29-31-48-50(53)39-19-11-14-22-47(39)62-48)51-52-45(33-43-38-18-10-13-21-46(38)63-55(43)51)61(54-40-20-12-15-23-49(40)64-56(54)59-52)44-30-26-36(58(4,5)6)32-42(44)34-16-8-7-9-17-34/h7-33,60H,1-6H3. The molecule has 11 aromatic rings. The lowest BCUT2D eigenvalue weighted by atomic mass is 9.61. The summed E-state index contributed by atoms with van der Waals surface area (Å²) in [6.45, 7) is 13.7. The van der Waals surface area contributed by atoms with E-state index in [1.165, 1.54) is 42.8 Å². The molecule has 0 fully saturated rings. The van der Waals surface area contributed by atoms with Gasteiger partial charge in [-0.05, 0) is 98.4 Å². The minimum Gasteiger partial charge on any atom is -0.456 e. The molecule has 0 saturated heterocycles. The van der Waals surface area contributed by atoms with Crippen LogP contribution in [0.4, 0.5) is 28.4 Å². The fraction of sp³-hybridized carbons (Fsp3) is 0.138. The number of thiophene rings is 1. The van der Waals surface area contributed by atoms with Gasteiger partial charge in [0.05, 0.1) is 22.4 Å². The molecule has 1 aliphatic heterocycles. The van der Waals surface area contributed by atoms with Gasteiger partial charge in [0.1, 0.15) is 22.3 Å². The summed E-state index contributed by atoms with van der Waals surface area (Å²) in [6, 6.07) is 59.2. The molecule has 1 aliphatic rings. The van der Waals surface area contributed by atoms with Crippen molar-refractivity contribution >= 4 is 111 Å². The van der Waals surface area contributed by atoms with Crippen molar-refractivity contribution in [2.45, 2.75) is 52.4 Å². The highest BCUT2D eigenvalue weighted by atomic mass is 32.1. The van der Waals surface area contributed by atoms with Crippen molar-refractivity contribution in [2.75, 3.05) is 10.2 Å². The number of furan rings is 2. The third kappa shape index (κ3) is 6.11. The third-order valence-corrected chi connectivity index (χ3v) is 14.2. The van der Waals surface area contributed by atoms with Gasteiger partial charge in [0, 0.05) is 54.3 Å². The van der Waals surface area contributed by atoms with Crippen LogP contribution in [0.2, 0.25) is 0 Å². The first-order valence-corrected chi connectivity index (χ1v) is 23.0. The minimum atomic E-state index is -0.0444. The number of rotatable bonds is 5. The maximum atomic E-state index is 7.09. The van der Waals surface area contributed by atoms with Gasteiger partial charge >= 0.3 is 0 Å². The van der Waals surface area contributed by atoms with Crippen LogP contribution in [0.1, 0.15) is 52.7 Å². The number of nitrogens with one attached hydrogen (secondary N) is 1. The van der Waals surface area contributed by atoms with Crippen molar-refractivity contribution in [2.24, 2.45) is 0 Å². The van der Waals surface area contributed by atoms with Gasteiger partial charge in [-0.25, -0.2) is 0 Å². The molecule has 1 N–H and O–H groups in total. The Bertz CT molecular complexity index is 3640. The molecule has 6 heteroatoms. The number of hydrogen-bond acceptors (Lipinski definition) is 5. The molecule has 8 aromatic carbocycles. The summed E-state index contributed by atoms with van der Waals surface area (Å²) in [4.78, 5) is 2.55. The summed E-state index contributed by atoms with van der Waals surface area (Å²) < 4.78 is 16.1. The van der Waals surface area contributed by atoms with Gasteiger partial charge in [-0.3, -0.25) is 0 Å². The average Bonchev–Trinajstić information content (AvgIpc) is 3.99. The smallest absolute Gasteiger partial charge is 0.212 e. The van der Waals surface area contributed by atoms with Crippen molar-refractivity contribution in [1.29, 1.82) is 0 Å². The molecule has 64 heavy (non-hydrogen) atoms. The Hall–Kier alpha value is -7.02. The molecule has 12 rings (SSSR count). The summed E-state index contributed by atoms with van der Waals surface area (Å²) in [5.74, 6) is 0. The van der Waals surface area contributed by atoms with E-state index in [1.807, 2.05) is 17.4 Å². The molecule has 0 atom stereocenters. The second kappa shape index (κ2) is 14.3. The van der Waals surface area contributed by atoms with E-state index in [0.29, 0.717) is 0 Å². The fourth-order valence-corrected chi connectivity index (χ4v) is 10.9. The monoisotopic (exact) mass is 845 g/mol. The summed E-state index contributed by atoms with van der Waals surface area (Å²) in [6.07, 6.45) is 0. The van der Waals surface area contributed by atoms with E-state index in [9.17, 15) is 0 Å². The molecule has 309 valence electrons. The number of benzene rings is 8. The fourth-order valence-electron chi connectivity index (χ4n) is 9.74. The summed E-state index contributed by atoms with van der Waals surface area (Å²) >= 11 is 1.84. The van der Waals surface area contributed by atoms with Crippen LogP contribution >= 0.6 is 11.3 Å². The highest BCUT2D eigenvalue weighted by Gasteiger charge is 2.35. The number of anilines is 5. The summed E-state index contributed by atoms with van der Waals surface area (Å²) in [5.41, 5.74) is 16.9. The number of fused-ring (bicyclic) bond motifs is 10. The first-order chi connectivity index (χ1) is 31.0. The van der Waals surface area contributed by atoms with Crippen LogP contribution in [-0.2, 0) is 10.8 Å². The van der Waals surface area contributed by atoms with E-state index in [1.54, 1.807) is 0 Å². The predicted octanol–water partition coefficient (Wildman–Crippen LogP) is 15.8. The molecule has 0 amide bonds. The van der Waals surface area contributed by atoms with Gasteiger partial charge in [0.2, 0.25) is 7.28 Å². The van der Waals surface area contributed by atoms with Crippen molar-refractivity contribution in [3.8, 4) is 22.3 Å². The van der Waals surface area contributed by atoms with Crippen molar-refractivity contribution in [1.82, 2.24) is 0 Å². The number of hydrogen-bond donors (Lipinski definition) is 1. The van der Waals surface area contributed by atoms with E-state index in [2.05, 4.69) is 217 Å². The van der Waals surface area contributed by atoms with Crippen LogP contribution in [0.3, 0.4) is 0 Å². The molecule has 4 heterocycles. The van der Waals surface area contributed by atoms with E-state index in [-0.39, 0.29) is 10.8 Å². The number of para-hydroxylation sites is 2. The molecule has 3 aromatic heterocycles. The maximum Gasteiger partial charge on any atom is 0.212 e. The van der Waals surface area contributed by atoms with Crippen LogP contribution in [0.5, 0.6) is 0 Å². The first kappa shape index (κ1) is 38.6. The van der Waals surface area contributed by atoms with E-state index in [4.69, 9.17) is 8.83 Å². The molecule has 0 saturated carbocycles. The van der Waals surface area contributed by atoms with Gasteiger partial charge in [-0.2, -0.15) is 0 Å². The first-order valence-electron chi connectivity index (χ1n) is 22.2. The Balaban J connectivity index is 1.21. The van der Waals surface area contributed by atoms with E-state index in [0.717, 1.165) is 83.2 Å². The molecule has 1 radical (unpaired) electrons. The van der Waals surface area contributed by atoms with E-state index < -0.39 is 0 Å². The minimum absolute atomic E-state index is 0.0288. The third-order valence-electron chi connectivity index (χ3n) is 13.0. The molecule has 0 unspecified atom stereocenters. The highest BCUT2D eigenvalue weighted by molar-refractivity contribution is 7.29. The second-order valence-electron chi connectivity index (χ2n) is 19.2. The molecular weight excluding hydrogens is 800 g/mol. The normalized spacial score (nSPS) is 12.9. The van der Waals surface area contributed by atoms with E-state index >= 15 is 0 Å². The second-order valence-corrected chi connectivity index (χ2v) is 20.3. The Morgan fingerprint density at radius 3 is 1.94 bits per heavy atom. The van der Waals surface area contributed by atoms with Crippen molar-refractivity contribution < 1.29 is 8.83 Å². The molecule has 0 bridgehead atoms. The van der Waals surface area contributed by atoms with Gasteiger partial charge in [-0.1, -0.05) is 145 Å². The average molecular weight is 846 g/mol. The van der Waals surface area contributed by atoms with Crippen molar-refractivity contribution in [3.05, 3.63) is 175 Å². The number of nitrogens with zero attached hydrogens (tertiary/aromatic N) is 1. The quantitative estimate of drug-likeness (QED) is 0.175. The Morgan fingerprint density at radius 2 is 1.19 bits per heavy atom. The lowest BCUT2D eigenvalue weighted by molar-refractivity contribution is 0.590. The van der Waals surface area contributed by atoms with Crippen LogP contribution in [-0.4, -0.2) is 7.28 Å². The molecular formula is C58H46BN2O2S. The van der Waals surface area contributed by atoms with Gasteiger partial charge in [-0.15, -0.1) is 11.3 Å². The van der Waals surface area contributed by atoms with Crippen LogP contribution in [0, 0.1) is 0 Å². The Labute approximate surface area is 378 Å². The molecule has 4 nitrogen and oxygen atoms in total. The largest absolute Gasteiger partial charge is 0.456 e. The summed E-state index contributed by atoms with van der Waals surface area (Å²) in [5, 5.41) is 9.45. The highest BCUT2D eigenvalue weighted by Crippen LogP contribution is 2.51. The maximum absolute atomic E-state index is 7.09. The molecule has 0 spiro atoms. The van der Waals surface area contributed by atoms with Gasteiger partial charge < -0.3 is 19.1 Å². The lowest BCUT2D eigenvalue weighted by Crippen LogP contribution is -2.39. The van der Waals surface area contributed by atoms with Crippen molar-refractivity contribution in [3.63, 3.8) is 0 Å². The zero-order valence-electron chi connectivity index (χ0n) is 36.8. The SMILES string of the molecule is CC(C)(C)c1ccc(Nc2c(-c3c4c(cc5c3oc3ccccc35)N(c3ccc(C(C)(C)C)cc3-c3ccccc3)c3c(sc5ccccc35)[B]4)ccc3oc4ccccc4c23)cc1. The van der Waals surface area contributed by atoms with Gasteiger partial charge in [0.25, 0.3) is 0 Å².